The van der Waals surface area contributed by atoms with Gasteiger partial charge in [-0.3, -0.25) is 0 Å². The minimum Gasteiger partial charge on any atom is -0.469 e. The fraction of sp³-hybridized carbons (Fsp3) is 0.286. The summed E-state index contributed by atoms with van der Waals surface area (Å²) in [7, 11) is 1.92. The van der Waals surface area contributed by atoms with Gasteiger partial charge in [0.25, 0.3) is 0 Å². The van der Waals surface area contributed by atoms with E-state index in [2.05, 4.69) is 5.32 Å². The molecule has 0 radical (unpaired) electrons. The summed E-state index contributed by atoms with van der Waals surface area (Å²) in [6.45, 7) is 1.93. The molecule has 2 rings (SSSR count). The topological polar surface area (TPSA) is 25.2 Å². The molecule has 1 aromatic carbocycles. The molecule has 4 heteroatoms. The van der Waals surface area contributed by atoms with Crippen molar-refractivity contribution >= 4 is 23.2 Å². The molecule has 0 amide bonds. The van der Waals surface area contributed by atoms with E-state index in [9.17, 15) is 0 Å². The molecule has 96 valence electrons. The molecule has 1 unspecified atom stereocenters. The second kappa shape index (κ2) is 5.79. The Bertz CT molecular complexity index is 536. The minimum atomic E-state index is 0.165. The SMILES string of the molecule is CNC(Cc1cc(Cl)ccc1Cl)c1coc(C)c1. The van der Waals surface area contributed by atoms with Gasteiger partial charge in [-0.05, 0) is 50.2 Å². The highest BCUT2D eigenvalue weighted by Crippen LogP contribution is 2.26. The van der Waals surface area contributed by atoms with Crippen molar-refractivity contribution in [3.8, 4) is 0 Å². The first kappa shape index (κ1) is 13.5. The normalized spacial score (nSPS) is 12.7. The third-order valence-corrected chi connectivity index (χ3v) is 3.54. The van der Waals surface area contributed by atoms with Gasteiger partial charge in [0.1, 0.15) is 5.76 Å². The van der Waals surface area contributed by atoms with Crippen molar-refractivity contribution in [2.24, 2.45) is 0 Å². The Kier molecular flexibility index (Phi) is 4.33. The first-order chi connectivity index (χ1) is 8.60. The summed E-state index contributed by atoms with van der Waals surface area (Å²) < 4.78 is 5.34. The van der Waals surface area contributed by atoms with Crippen LogP contribution in [0.15, 0.2) is 34.9 Å². The zero-order valence-corrected chi connectivity index (χ0v) is 11.8. The third-order valence-electron chi connectivity index (χ3n) is 2.93. The molecule has 0 aliphatic heterocycles. The van der Waals surface area contributed by atoms with Gasteiger partial charge in [-0.2, -0.15) is 0 Å². The zero-order valence-electron chi connectivity index (χ0n) is 10.3. The van der Waals surface area contributed by atoms with E-state index >= 15 is 0 Å². The van der Waals surface area contributed by atoms with Gasteiger partial charge in [-0.25, -0.2) is 0 Å². The van der Waals surface area contributed by atoms with Gasteiger partial charge in [0.2, 0.25) is 0 Å². The summed E-state index contributed by atoms with van der Waals surface area (Å²) in [5, 5.41) is 4.70. The highest BCUT2D eigenvalue weighted by atomic mass is 35.5. The molecule has 0 spiro atoms. The molecule has 0 saturated heterocycles. The van der Waals surface area contributed by atoms with Crippen molar-refractivity contribution in [1.29, 1.82) is 0 Å². The Morgan fingerprint density at radius 2 is 2.06 bits per heavy atom. The lowest BCUT2D eigenvalue weighted by Crippen LogP contribution is -2.18. The summed E-state index contributed by atoms with van der Waals surface area (Å²) in [5.74, 6) is 0.905. The largest absolute Gasteiger partial charge is 0.469 e. The molecule has 1 heterocycles. The van der Waals surface area contributed by atoms with Crippen LogP contribution < -0.4 is 5.32 Å². The Balaban J connectivity index is 2.22. The van der Waals surface area contributed by atoms with Crippen LogP contribution in [0.5, 0.6) is 0 Å². The number of hydrogen-bond donors (Lipinski definition) is 1. The minimum absolute atomic E-state index is 0.165. The molecule has 0 bridgehead atoms. The van der Waals surface area contributed by atoms with E-state index in [0.29, 0.717) is 5.02 Å². The lowest BCUT2D eigenvalue weighted by molar-refractivity contribution is 0.520. The fourth-order valence-electron chi connectivity index (χ4n) is 1.95. The molecule has 2 nitrogen and oxygen atoms in total. The average Bonchev–Trinajstić information content (AvgIpc) is 2.77. The molecule has 18 heavy (non-hydrogen) atoms. The maximum Gasteiger partial charge on any atom is 0.101 e. The van der Waals surface area contributed by atoms with Crippen LogP contribution in [0, 0.1) is 6.92 Å². The Hall–Kier alpha value is -0.960. The monoisotopic (exact) mass is 283 g/mol. The van der Waals surface area contributed by atoms with Crippen LogP contribution in [0.3, 0.4) is 0 Å². The third kappa shape index (κ3) is 3.08. The van der Waals surface area contributed by atoms with Crippen LogP contribution in [0.2, 0.25) is 10.0 Å². The Labute approximate surface area is 117 Å². The number of halogens is 2. The van der Waals surface area contributed by atoms with Crippen LogP contribution in [-0.2, 0) is 6.42 Å². The second-order valence-electron chi connectivity index (χ2n) is 4.27. The van der Waals surface area contributed by atoms with E-state index in [1.54, 1.807) is 12.3 Å². The smallest absolute Gasteiger partial charge is 0.101 e. The molecule has 1 N–H and O–H groups in total. The predicted molar refractivity (Wildman–Crippen MR) is 75.4 cm³/mol. The van der Waals surface area contributed by atoms with E-state index in [1.165, 1.54) is 0 Å². The van der Waals surface area contributed by atoms with Gasteiger partial charge >= 0.3 is 0 Å². The highest BCUT2D eigenvalue weighted by molar-refractivity contribution is 6.33. The van der Waals surface area contributed by atoms with Crippen molar-refractivity contribution in [2.45, 2.75) is 19.4 Å². The van der Waals surface area contributed by atoms with Gasteiger partial charge in [-0.1, -0.05) is 23.2 Å². The summed E-state index contributed by atoms with van der Waals surface area (Å²) >= 11 is 12.2. The molecule has 1 aromatic heterocycles. The number of rotatable bonds is 4. The van der Waals surface area contributed by atoms with Gasteiger partial charge in [0.15, 0.2) is 0 Å². The van der Waals surface area contributed by atoms with Crippen molar-refractivity contribution < 1.29 is 4.42 Å². The number of benzene rings is 1. The number of nitrogens with one attached hydrogen (secondary N) is 1. The molecular weight excluding hydrogens is 269 g/mol. The van der Waals surface area contributed by atoms with E-state index in [-0.39, 0.29) is 6.04 Å². The maximum atomic E-state index is 6.18. The van der Waals surface area contributed by atoms with Gasteiger partial charge in [-0.15, -0.1) is 0 Å². The number of likely N-dealkylation sites (N-methyl/N-ethyl adjacent to an activating group) is 1. The average molecular weight is 284 g/mol. The molecule has 0 fully saturated rings. The molecule has 0 aliphatic rings. The number of aryl methyl sites for hydroxylation is 1. The molecule has 0 saturated carbocycles. The van der Waals surface area contributed by atoms with Gasteiger partial charge in [0.05, 0.1) is 6.26 Å². The van der Waals surface area contributed by atoms with E-state index in [4.69, 9.17) is 27.6 Å². The molecule has 1 atom stereocenters. The van der Waals surface area contributed by atoms with Crippen LogP contribution in [0.1, 0.15) is 22.9 Å². The zero-order chi connectivity index (χ0) is 13.1. The molecular formula is C14H15Cl2NO. The van der Waals surface area contributed by atoms with Crippen LogP contribution in [-0.4, -0.2) is 7.05 Å². The summed E-state index contributed by atoms with van der Waals surface area (Å²) in [6.07, 6.45) is 2.55. The lowest BCUT2D eigenvalue weighted by atomic mass is 10.0. The van der Waals surface area contributed by atoms with Crippen molar-refractivity contribution in [2.75, 3.05) is 7.05 Å². The van der Waals surface area contributed by atoms with E-state index in [0.717, 1.165) is 28.3 Å². The van der Waals surface area contributed by atoms with Gasteiger partial charge < -0.3 is 9.73 Å². The van der Waals surface area contributed by atoms with Crippen LogP contribution in [0.25, 0.3) is 0 Å². The van der Waals surface area contributed by atoms with Crippen LogP contribution in [0.4, 0.5) is 0 Å². The molecule has 2 aromatic rings. The number of furan rings is 1. The van der Waals surface area contributed by atoms with Crippen LogP contribution >= 0.6 is 23.2 Å². The predicted octanol–water partition coefficient (Wildman–Crippen LogP) is 4.40. The summed E-state index contributed by atoms with van der Waals surface area (Å²) in [4.78, 5) is 0. The quantitative estimate of drug-likeness (QED) is 0.900. The fourth-order valence-corrected chi connectivity index (χ4v) is 2.34. The Morgan fingerprint density at radius 1 is 1.28 bits per heavy atom. The van der Waals surface area contributed by atoms with E-state index in [1.807, 2.05) is 32.2 Å². The summed E-state index contributed by atoms with van der Waals surface area (Å²) in [6, 6.07) is 7.72. The first-order valence-electron chi connectivity index (χ1n) is 5.76. The standard InChI is InChI=1S/C14H15Cl2NO/c1-9-5-11(8-18-9)14(17-2)7-10-6-12(15)3-4-13(10)16/h3-6,8,14,17H,7H2,1-2H3. The van der Waals surface area contributed by atoms with Crippen molar-refractivity contribution in [3.05, 3.63) is 57.5 Å². The van der Waals surface area contributed by atoms with Crippen molar-refractivity contribution in [1.82, 2.24) is 5.32 Å². The van der Waals surface area contributed by atoms with E-state index < -0.39 is 0 Å². The maximum absolute atomic E-state index is 6.18. The number of hydrogen-bond acceptors (Lipinski definition) is 2. The van der Waals surface area contributed by atoms with Gasteiger partial charge in [0, 0.05) is 21.7 Å². The Morgan fingerprint density at radius 3 is 2.67 bits per heavy atom. The molecule has 0 aliphatic carbocycles. The summed E-state index contributed by atoms with van der Waals surface area (Å²) in [5.41, 5.74) is 2.15. The van der Waals surface area contributed by atoms with Crippen molar-refractivity contribution in [3.63, 3.8) is 0 Å². The lowest BCUT2D eigenvalue weighted by Gasteiger charge is -2.15. The second-order valence-corrected chi connectivity index (χ2v) is 5.12. The first-order valence-corrected chi connectivity index (χ1v) is 6.52. The highest BCUT2D eigenvalue weighted by Gasteiger charge is 2.14.